The van der Waals surface area contributed by atoms with Crippen LogP contribution in [-0.2, 0) is 15.6 Å². The maximum Gasteiger partial charge on any atom is 0.182 e. The van der Waals surface area contributed by atoms with E-state index in [1.165, 1.54) is 18.2 Å². The van der Waals surface area contributed by atoms with Crippen molar-refractivity contribution in [2.24, 2.45) is 0 Å². The Kier molecular flexibility index (Phi) is 3.96. The summed E-state index contributed by atoms with van der Waals surface area (Å²) in [6.07, 6.45) is 0. The number of anilines is 1. The van der Waals surface area contributed by atoms with Crippen LogP contribution >= 0.6 is 11.6 Å². The summed E-state index contributed by atoms with van der Waals surface area (Å²) in [5, 5.41) is -0.257. The third-order valence-corrected chi connectivity index (χ3v) is 4.79. The minimum Gasteiger partial charge on any atom is -0.396 e. The van der Waals surface area contributed by atoms with Gasteiger partial charge in [0.2, 0.25) is 0 Å². The topological polar surface area (TPSA) is 60.2 Å². The summed E-state index contributed by atoms with van der Waals surface area (Å²) in [6, 6.07) is 7.07. The third kappa shape index (κ3) is 2.91. The van der Waals surface area contributed by atoms with Gasteiger partial charge in [0.25, 0.3) is 0 Å². The molecule has 2 aromatic rings. The van der Waals surface area contributed by atoms with E-state index < -0.39 is 27.2 Å². The lowest BCUT2D eigenvalue weighted by Gasteiger charge is -2.08. The average Bonchev–Trinajstić information content (AvgIpc) is 2.38. The molecule has 0 aromatic heterocycles. The molecule has 2 aromatic carbocycles. The highest BCUT2D eigenvalue weighted by Crippen LogP contribution is 2.25. The molecule has 20 heavy (non-hydrogen) atoms. The number of rotatable bonds is 3. The van der Waals surface area contributed by atoms with E-state index >= 15 is 0 Å². The Balaban J connectivity index is 2.41. The van der Waals surface area contributed by atoms with Crippen molar-refractivity contribution < 1.29 is 17.2 Å². The second-order valence-corrected chi connectivity index (χ2v) is 6.52. The van der Waals surface area contributed by atoms with Crippen LogP contribution in [0, 0.1) is 11.6 Å². The van der Waals surface area contributed by atoms with Crippen molar-refractivity contribution in [3.63, 3.8) is 0 Å². The number of nitrogens with two attached hydrogens (primary N) is 1. The molecular formula is C13H10ClF2NO2S. The Labute approximate surface area is 119 Å². The first kappa shape index (κ1) is 14.7. The van der Waals surface area contributed by atoms with Gasteiger partial charge in [0.15, 0.2) is 9.84 Å². The van der Waals surface area contributed by atoms with E-state index in [4.69, 9.17) is 17.3 Å². The average molecular weight is 318 g/mol. The zero-order valence-corrected chi connectivity index (χ0v) is 11.7. The molecule has 0 bridgehead atoms. The molecule has 2 rings (SSSR count). The molecule has 0 saturated carbocycles. The summed E-state index contributed by atoms with van der Waals surface area (Å²) >= 11 is 5.71. The SMILES string of the molecule is Nc1ccc(S(=O)(=O)Cc2cccc(F)c2Cl)cc1F. The summed E-state index contributed by atoms with van der Waals surface area (Å²) in [5.41, 5.74) is 5.26. The molecule has 0 unspecified atom stereocenters. The van der Waals surface area contributed by atoms with Gasteiger partial charge in [-0.1, -0.05) is 23.7 Å². The van der Waals surface area contributed by atoms with E-state index in [9.17, 15) is 17.2 Å². The number of hydrogen-bond donors (Lipinski definition) is 1. The molecule has 0 fully saturated rings. The summed E-state index contributed by atoms with van der Waals surface area (Å²) in [4.78, 5) is -0.232. The van der Waals surface area contributed by atoms with Gasteiger partial charge in [-0.15, -0.1) is 0 Å². The predicted molar refractivity (Wildman–Crippen MR) is 73.1 cm³/mol. The van der Waals surface area contributed by atoms with Gasteiger partial charge in [0.05, 0.1) is 21.4 Å². The van der Waals surface area contributed by atoms with Crippen LogP contribution < -0.4 is 5.73 Å². The number of halogens is 3. The van der Waals surface area contributed by atoms with Crippen LogP contribution in [0.4, 0.5) is 14.5 Å². The van der Waals surface area contributed by atoms with Crippen molar-refractivity contribution in [2.75, 3.05) is 5.73 Å². The van der Waals surface area contributed by atoms with Gasteiger partial charge < -0.3 is 5.73 Å². The first-order chi connectivity index (χ1) is 9.31. The Morgan fingerprint density at radius 1 is 1.10 bits per heavy atom. The van der Waals surface area contributed by atoms with Crippen LogP contribution in [0.15, 0.2) is 41.3 Å². The van der Waals surface area contributed by atoms with Gasteiger partial charge >= 0.3 is 0 Å². The van der Waals surface area contributed by atoms with E-state index in [1.54, 1.807) is 0 Å². The van der Waals surface area contributed by atoms with Crippen molar-refractivity contribution in [3.05, 3.63) is 58.6 Å². The van der Waals surface area contributed by atoms with Gasteiger partial charge in [-0.2, -0.15) is 0 Å². The van der Waals surface area contributed by atoms with E-state index in [0.29, 0.717) is 0 Å². The van der Waals surface area contributed by atoms with E-state index in [-0.39, 0.29) is 21.2 Å². The zero-order chi connectivity index (χ0) is 14.9. The van der Waals surface area contributed by atoms with Crippen molar-refractivity contribution in [1.29, 1.82) is 0 Å². The Hall–Kier alpha value is -1.66. The van der Waals surface area contributed by atoms with Crippen LogP contribution in [0.25, 0.3) is 0 Å². The van der Waals surface area contributed by atoms with Gasteiger partial charge in [-0.25, -0.2) is 17.2 Å². The minimum absolute atomic E-state index is 0.115. The van der Waals surface area contributed by atoms with Gasteiger partial charge in [-0.05, 0) is 29.8 Å². The maximum atomic E-state index is 13.3. The van der Waals surface area contributed by atoms with Gasteiger partial charge in [-0.3, -0.25) is 0 Å². The summed E-state index contributed by atoms with van der Waals surface area (Å²) in [5.74, 6) is -2.05. The van der Waals surface area contributed by atoms with Crippen molar-refractivity contribution in [2.45, 2.75) is 10.6 Å². The summed E-state index contributed by atoms with van der Waals surface area (Å²) < 4.78 is 50.9. The van der Waals surface area contributed by atoms with Gasteiger partial charge in [0.1, 0.15) is 11.6 Å². The molecule has 0 atom stereocenters. The number of benzene rings is 2. The zero-order valence-electron chi connectivity index (χ0n) is 10.1. The monoisotopic (exact) mass is 317 g/mol. The molecule has 0 aliphatic rings. The second kappa shape index (κ2) is 5.38. The van der Waals surface area contributed by atoms with Crippen LogP contribution in [-0.4, -0.2) is 8.42 Å². The van der Waals surface area contributed by atoms with Crippen molar-refractivity contribution in [3.8, 4) is 0 Å². The molecular weight excluding hydrogens is 308 g/mol. The Morgan fingerprint density at radius 2 is 1.80 bits per heavy atom. The standard InChI is InChI=1S/C13H10ClF2NO2S/c14-13-8(2-1-3-10(13)15)7-20(18,19)9-4-5-12(17)11(16)6-9/h1-6H,7,17H2. The molecule has 3 nitrogen and oxygen atoms in total. The van der Waals surface area contributed by atoms with Crippen molar-refractivity contribution in [1.82, 2.24) is 0 Å². The normalized spacial score (nSPS) is 11.6. The summed E-state index contributed by atoms with van der Waals surface area (Å²) in [6.45, 7) is 0. The maximum absolute atomic E-state index is 13.3. The largest absolute Gasteiger partial charge is 0.396 e. The highest BCUT2D eigenvalue weighted by molar-refractivity contribution is 7.90. The van der Waals surface area contributed by atoms with Crippen LogP contribution in [0.3, 0.4) is 0 Å². The summed E-state index contributed by atoms with van der Waals surface area (Å²) in [7, 11) is -3.84. The van der Waals surface area contributed by atoms with Crippen LogP contribution in [0.2, 0.25) is 5.02 Å². The number of hydrogen-bond acceptors (Lipinski definition) is 3. The highest BCUT2D eigenvalue weighted by atomic mass is 35.5. The first-order valence-electron chi connectivity index (χ1n) is 5.52. The van der Waals surface area contributed by atoms with Gasteiger partial charge in [0, 0.05) is 0 Å². The number of sulfone groups is 1. The lowest BCUT2D eigenvalue weighted by Crippen LogP contribution is -2.07. The number of nitrogen functional groups attached to an aromatic ring is 1. The quantitative estimate of drug-likeness (QED) is 0.884. The molecule has 0 radical (unpaired) electrons. The molecule has 0 aliphatic carbocycles. The van der Waals surface area contributed by atoms with E-state index in [0.717, 1.165) is 18.2 Å². The third-order valence-electron chi connectivity index (χ3n) is 2.71. The van der Waals surface area contributed by atoms with Crippen LogP contribution in [0.5, 0.6) is 0 Å². The van der Waals surface area contributed by atoms with E-state index in [2.05, 4.69) is 0 Å². The second-order valence-electron chi connectivity index (χ2n) is 4.16. The van der Waals surface area contributed by atoms with E-state index in [1.807, 2.05) is 0 Å². The Bertz CT molecular complexity index is 763. The molecule has 2 N–H and O–H groups in total. The minimum atomic E-state index is -3.84. The van der Waals surface area contributed by atoms with Crippen molar-refractivity contribution >= 4 is 27.1 Å². The molecule has 0 saturated heterocycles. The molecule has 0 spiro atoms. The predicted octanol–water partition coefficient (Wildman–Crippen LogP) is 3.17. The molecule has 7 heteroatoms. The lowest BCUT2D eigenvalue weighted by atomic mass is 10.2. The lowest BCUT2D eigenvalue weighted by molar-refractivity contribution is 0.590. The first-order valence-corrected chi connectivity index (χ1v) is 7.55. The smallest absolute Gasteiger partial charge is 0.182 e. The molecule has 0 amide bonds. The highest BCUT2D eigenvalue weighted by Gasteiger charge is 2.19. The molecule has 0 aliphatic heterocycles. The van der Waals surface area contributed by atoms with Crippen LogP contribution in [0.1, 0.15) is 5.56 Å². The molecule has 106 valence electrons. The Morgan fingerprint density at radius 3 is 2.45 bits per heavy atom. The fraction of sp³-hybridized carbons (Fsp3) is 0.0769. The fourth-order valence-electron chi connectivity index (χ4n) is 1.65. The molecule has 0 heterocycles. The fourth-order valence-corrected chi connectivity index (χ4v) is 3.30.